The smallest absolute Gasteiger partial charge is 0.141 e. The Morgan fingerprint density at radius 2 is 1.79 bits per heavy atom. The van der Waals surface area contributed by atoms with Gasteiger partial charge in [0.15, 0.2) is 0 Å². The normalized spacial score (nSPS) is 30.1. The van der Waals surface area contributed by atoms with Gasteiger partial charge in [0, 0.05) is 23.0 Å². The highest BCUT2D eigenvalue weighted by Gasteiger charge is 2.42. The number of aliphatic hydroxyl groups excluding tert-OH is 3. The van der Waals surface area contributed by atoms with E-state index >= 15 is 0 Å². The molecule has 158 valence electrons. The summed E-state index contributed by atoms with van der Waals surface area (Å²) in [4.78, 5) is 0. The van der Waals surface area contributed by atoms with Crippen molar-refractivity contribution in [1.29, 1.82) is 0 Å². The zero-order valence-electron chi connectivity index (χ0n) is 16.8. The van der Waals surface area contributed by atoms with Crippen molar-refractivity contribution in [3.63, 3.8) is 0 Å². The first-order chi connectivity index (χ1) is 13.9. The van der Waals surface area contributed by atoms with Crippen LogP contribution in [0.15, 0.2) is 30.3 Å². The zero-order chi connectivity index (χ0) is 20.7. The molecule has 4 rings (SSSR count). The highest BCUT2D eigenvalue weighted by Crippen LogP contribution is 2.52. The van der Waals surface area contributed by atoms with Gasteiger partial charge in [-0.25, -0.2) is 10.9 Å². The third-order valence-electron chi connectivity index (χ3n) is 6.19. The van der Waals surface area contributed by atoms with Crippen LogP contribution in [0, 0.1) is 0 Å². The Morgan fingerprint density at radius 3 is 2.48 bits per heavy atom. The molecule has 4 nitrogen and oxygen atoms in total. The van der Waals surface area contributed by atoms with Crippen molar-refractivity contribution in [2.24, 2.45) is 0 Å². The fourth-order valence-corrected chi connectivity index (χ4v) is 7.26. The molecule has 0 spiro atoms. The van der Waals surface area contributed by atoms with E-state index in [2.05, 4.69) is 43.5 Å². The van der Waals surface area contributed by atoms with Gasteiger partial charge in [-0.2, -0.15) is 0 Å². The molecule has 5 atom stereocenters. The van der Waals surface area contributed by atoms with E-state index in [1.807, 2.05) is 0 Å². The Morgan fingerprint density at radius 1 is 1.10 bits per heavy atom. The Hall–Kier alpha value is -1.24. The minimum atomic E-state index is -1.13. The van der Waals surface area contributed by atoms with Crippen LogP contribution in [0.4, 0.5) is 0 Å². The number of rotatable bonds is 4. The number of halogens is 1. The lowest BCUT2D eigenvalue weighted by Crippen LogP contribution is -2.47. The van der Waals surface area contributed by atoms with Crippen LogP contribution in [0.2, 0.25) is 5.02 Å². The molecule has 1 saturated heterocycles. The first kappa shape index (κ1) is 21.0. The molecule has 1 unspecified atom stereocenters. The van der Waals surface area contributed by atoms with Gasteiger partial charge in [0.1, 0.15) is 11.9 Å². The third-order valence-corrected chi connectivity index (χ3v) is 9.09. The van der Waals surface area contributed by atoms with Gasteiger partial charge >= 0.3 is 0 Å². The van der Waals surface area contributed by atoms with Crippen molar-refractivity contribution in [3.8, 4) is 5.75 Å². The number of hydrogen-bond acceptors (Lipinski definition) is 4. The van der Waals surface area contributed by atoms with Gasteiger partial charge in [-0.15, -0.1) is 0 Å². The SMILES string of the molecule is CCc1ccc(Cc2cc([C@H]3[C@H](O)[C@H](O)[C@H](O)C[SH]3C)c3c(c2Cl)OCC3)cc1. The maximum Gasteiger partial charge on any atom is 0.141 e. The number of ether oxygens (including phenoxy) is 1. The highest BCUT2D eigenvalue weighted by molar-refractivity contribution is 8.16. The van der Waals surface area contributed by atoms with Gasteiger partial charge in [0.2, 0.25) is 0 Å². The van der Waals surface area contributed by atoms with Crippen LogP contribution in [-0.2, 0) is 19.3 Å². The Kier molecular flexibility index (Phi) is 6.14. The summed E-state index contributed by atoms with van der Waals surface area (Å²) in [6.07, 6.45) is 1.53. The Labute approximate surface area is 179 Å². The molecule has 2 heterocycles. The Bertz CT molecular complexity index is 885. The lowest BCUT2D eigenvalue weighted by molar-refractivity contribution is -0.0562. The van der Waals surface area contributed by atoms with Crippen LogP contribution >= 0.6 is 22.5 Å². The summed E-state index contributed by atoms with van der Waals surface area (Å²) in [5, 5.41) is 31.6. The second-order valence-electron chi connectivity index (χ2n) is 8.12. The maximum absolute atomic E-state index is 10.8. The summed E-state index contributed by atoms with van der Waals surface area (Å²) in [5.74, 6) is 1.24. The first-order valence-electron chi connectivity index (χ1n) is 10.2. The van der Waals surface area contributed by atoms with Crippen molar-refractivity contribution in [3.05, 3.63) is 63.2 Å². The van der Waals surface area contributed by atoms with Gasteiger partial charge < -0.3 is 20.1 Å². The first-order valence-corrected chi connectivity index (χ1v) is 12.6. The quantitative estimate of drug-likeness (QED) is 0.555. The third kappa shape index (κ3) is 3.91. The molecule has 0 bridgehead atoms. The summed E-state index contributed by atoms with van der Waals surface area (Å²) in [6, 6.07) is 10.6. The maximum atomic E-state index is 10.8. The van der Waals surface area contributed by atoms with Gasteiger partial charge in [0.25, 0.3) is 0 Å². The molecule has 1 fully saturated rings. The monoisotopic (exact) mass is 436 g/mol. The molecule has 0 amide bonds. The summed E-state index contributed by atoms with van der Waals surface area (Å²) in [6.45, 7) is 2.71. The van der Waals surface area contributed by atoms with Crippen LogP contribution in [0.3, 0.4) is 0 Å². The molecule has 0 saturated carbocycles. The van der Waals surface area contributed by atoms with Gasteiger partial charge in [-0.05, 0) is 41.4 Å². The number of thiol groups is 1. The van der Waals surface area contributed by atoms with Crippen LogP contribution in [-0.4, -0.2) is 52.2 Å². The standard InChI is InChI=1S/C23H29ClO4S/c1-3-13-4-6-14(7-5-13)10-15-11-17(16-8-9-28-22(16)19(15)24)23-21(27)20(26)18(25)12-29(23)2/h4-7,11,18,20-21,23,25-27,29H,3,8-10,12H2,1-2H3/t18-,20-,21-,23+/m1/s1. The largest absolute Gasteiger partial charge is 0.491 e. The van der Waals surface area contributed by atoms with Crippen molar-refractivity contribution >= 4 is 22.5 Å². The van der Waals surface area contributed by atoms with E-state index in [0.29, 0.717) is 23.8 Å². The average Bonchev–Trinajstić information content (AvgIpc) is 3.20. The lowest BCUT2D eigenvalue weighted by Gasteiger charge is -2.43. The van der Waals surface area contributed by atoms with E-state index < -0.39 is 29.2 Å². The second-order valence-corrected chi connectivity index (χ2v) is 10.9. The number of benzene rings is 2. The van der Waals surface area contributed by atoms with E-state index in [9.17, 15) is 15.3 Å². The molecule has 6 heteroatoms. The highest BCUT2D eigenvalue weighted by atomic mass is 35.5. The van der Waals surface area contributed by atoms with Gasteiger partial charge in [-0.3, -0.25) is 0 Å². The molecule has 0 radical (unpaired) electrons. The van der Waals surface area contributed by atoms with Gasteiger partial charge in [0.05, 0.1) is 23.8 Å². The Balaban J connectivity index is 1.74. The summed E-state index contributed by atoms with van der Waals surface area (Å²) in [7, 11) is -0.690. The van der Waals surface area contributed by atoms with Crippen LogP contribution < -0.4 is 4.74 Å². The molecule has 29 heavy (non-hydrogen) atoms. The van der Waals surface area contributed by atoms with Crippen LogP contribution in [0.5, 0.6) is 5.75 Å². The summed E-state index contributed by atoms with van der Waals surface area (Å²) < 4.78 is 5.88. The minimum Gasteiger partial charge on any atom is -0.491 e. The fourth-order valence-electron chi connectivity index (χ4n) is 4.53. The number of hydrogen-bond donors (Lipinski definition) is 4. The summed E-state index contributed by atoms with van der Waals surface area (Å²) >= 11 is 6.73. The van der Waals surface area contributed by atoms with Crippen molar-refractivity contribution in [2.45, 2.75) is 49.7 Å². The molecule has 2 aromatic carbocycles. The molecule has 3 N–H and O–H groups in total. The zero-order valence-corrected chi connectivity index (χ0v) is 18.5. The topological polar surface area (TPSA) is 69.9 Å². The number of aliphatic hydroxyl groups is 3. The van der Waals surface area contributed by atoms with Crippen molar-refractivity contribution in [1.82, 2.24) is 0 Å². The van der Waals surface area contributed by atoms with E-state index in [0.717, 1.165) is 35.3 Å². The lowest BCUT2D eigenvalue weighted by atomic mass is 9.91. The van der Waals surface area contributed by atoms with Crippen LogP contribution in [0.25, 0.3) is 0 Å². The van der Waals surface area contributed by atoms with Crippen LogP contribution in [0.1, 0.15) is 40.0 Å². The van der Waals surface area contributed by atoms with E-state index in [-0.39, 0.29) is 5.25 Å². The van der Waals surface area contributed by atoms with E-state index in [4.69, 9.17) is 16.3 Å². The minimum absolute atomic E-state index is 0.197. The predicted octanol–water partition coefficient (Wildman–Crippen LogP) is 3.20. The molecule has 2 aliphatic heterocycles. The van der Waals surface area contributed by atoms with Crippen molar-refractivity contribution in [2.75, 3.05) is 18.6 Å². The molecule has 2 aromatic rings. The van der Waals surface area contributed by atoms with Gasteiger partial charge in [-0.1, -0.05) is 48.9 Å². The molecular formula is C23H29ClO4S. The molecule has 2 aliphatic rings. The molecular weight excluding hydrogens is 408 g/mol. The van der Waals surface area contributed by atoms with Crippen molar-refractivity contribution < 1.29 is 20.1 Å². The fraction of sp³-hybridized carbons (Fsp3) is 0.478. The average molecular weight is 437 g/mol. The van der Waals surface area contributed by atoms with E-state index in [1.165, 1.54) is 11.1 Å². The second kappa shape index (κ2) is 8.48. The van der Waals surface area contributed by atoms with E-state index in [1.54, 1.807) is 0 Å². The number of fused-ring (bicyclic) bond motifs is 1. The summed E-state index contributed by atoms with van der Waals surface area (Å²) in [5.41, 5.74) is 5.51. The molecule has 0 aliphatic carbocycles. The number of aryl methyl sites for hydroxylation is 1. The molecule has 0 aromatic heterocycles. The predicted molar refractivity (Wildman–Crippen MR) is 120 cm³/mol.